The highest BCUT2D eigenvalue weighted by Gasteiger charge is 2.61. The fourth-order valence-electron chi connectivity index (χ4n) is 9.25. The number of hydrogen-bond acceptors (Lipinski definition) is 15. The van der Waals surface area contributed by atoms with E-state index in [1.165, 1.54) is 30.9 Å². The fourth-order valence-corrected chi connectivity index (χ4v) is 9.25. The first-order chi connectivity index (χ1) is 27.6. The highest BCUT2D eigenvalue weighted by molar-refractivity contribution is 6.00. The molecule has 2 N–H and O–H groups in total. The maximum Gasteiger partial charge on any atom is 0.411 e. The van der Waals surface area contributed by atoms with Crippen LogP contribution in [0.4, 0.5) is 15.3 Å². The van der Waals surface area contributed by atoms with Crippen molar-refractivity contribution in [3.63, 3.8) is 0 Å². The number of aliphatic imine (C=N–C) groups is 1. The summed E-state index contributed by atoms with van der Waals surface area (Å²) in [5.41, 5.74) is -2.60. The van der Waals surface area contributed by atoms with Crippen LogP contribution in [0, 0.1) is 33.8 Å². The Morgan fingerprint density at radius 3 is 2.29 bits per heavy atom. The number of rotatable bonds is 7. The Morgan fingerprint density at radius 2 is 1.68 bits per heavy atom. The largest absolute Gasteiger partial charge is 0.458 e. The summed E-state index contributed by atoms with van der Waals surface area (Å²) >= 11 is 0. The highest BCUT2D eigenvalue weighted by Crippen LogP contribution is 2.43. The molecule has 0 aromatic heterocycles. The number of nitrogens with zero attached hydrogens (tertiary/aromatic N) is 4. The molecule has 1 aromatic carbocycles. The molecule has 4 aliphatic rings. The van der Waals surface area contributed by atoms with Crippen LogP contribution >= 0.6 is 0 Å². The maximum atomic E-state index is 14.8. The van der Waals surface area contributed by atoms with E-state index in [0.717, 1.165) is 0 Å². The monoisotopic (exact) mass is 829 g/mol. The van der Waals surface area contributed by atoms with E-state index in [1.807, 2.05) is 25.9 Å². The topological polar surface area (TPSA) is 226 Å². The minimum absolute atomic E-state index is 0.0107. The number of cyclic esters (lactones) is 1. The van der Waals surface area contributed by atoms with Gasteiger partial charge in [0.25, 0.3) is 5.69 Å². The SMILES string of the molecule is CC[C@H]1OC(=O)[C@H](C)C(=O)[C@H](C)[C@@H](O[C@@H]2O[C@H](C)C[C@H](N(C)C)[C@H]2O)[C@@]2(C)C[C@@H](C)C(=O)[C@H](C)[C@@H]3N(CC(=NCc4ccc([N+](=O)[O-])cc4)CNC(=O)O2)C(=O)O[C@@]31C. The van der Waals surface area contributed by atoms with Gasteiger partial charge in [0, 0.05) is 35.9 Å². The van der Waals surface area contributed by atoms with Crippen LogP contribution in [0.15, 0.2) is 29.3 Å². The molecule has 0 unspecified atom stereocenters. The number of ether oxygens (including phenoxy) is 5. The van der Waals surface area contributed by atoms with Gasteiger partial charge < -0.3 is 39.0 Å². The lowest BCUT2D eigenvalue weighted by Crippen LogP contribution is -2.60. The standard InChI is InChI=1S/C41H59N5O13/c1-11-30-41(8)34-23(4)31(47)21(2)17-40(7,35(24(5)32(48)25(6)36(50)56-30)57-37-33(49)29(44(9)10)16-22(3)55-37)58-38(51)43-19-27(20-45(34)39(52)59-41)42-18-26-12-14-28(15-13-26)46(53)54/h12-15,21-25,29-30,33-35,37,49H,11,16-20H2,1-10H3,(H,43,51)/t21-,22-,23+,24+,25-,29+,30-,33-,34+,35-,37+,40-,41-/m1/s1. The first-order valence-electron chi connectivity index (χ1n) is 20.3. The zero-order valence-electron chi connectivity index (χ0n) is 35.5. The second-order valence-corrected chi connectivity index (χ2v) is 17.2. The Balaban J connectivity index is 1.67. The molecule has 2 amide bonds. The van der Waals surface area contributed by atoms with Gasteiger partial charge in [-0.1, -0.05) is 39.8 Å². The van der Waals surface area contributed by atoms with Crippen molar-refractivity contribution in [3.8, 4) is 0 Å². The number of aliphatic hydroxyl groups excluding tert-OH is 1. The number of benzene rings is 1. The number of carbonyl (C=O) groups excluding carboxylic acids is 5. The first kappa shape index (κ1) is 45.6. The first-order valence-corrected chi connectivity index (χ1v) is 20.3. The summed E-state index contributed by atoms with van der Waals surface area (Å²) in [6.07, 6.45) is -6.66. The number of carbonyl (C=O) groups is 5. The van der Waals surface area contributed by atoms with E-state index in [1.54, 1.807) is 46.8 Å². The van der Waals surface area contributed by atoms with Gasteiger partial charge >= 0.3 is 18.2 Å². The number of alkyl carbamates (subject to hydrolysis) is 1. The number of nitro groups is 1. The van der Waals surface area contributed by atoms with Gasteiger partial charge in [0.1, 0.15) is 35.6 Å². The average Bonchev–Trinajstić information content (AvgIpc) is 3.44. The van der Waals surface area contributed by atoms with Gasteiger partial charge in [-0.2, -0.15) is 0 Å². The number of Topliss-reactive ketones (excluding diaryl/α,β-unsaturated/α-hetero) is 2. The van der Waals surface area contributed by atoms with Crippen LogP contribution in [0.25, 0.3) is 0 Å². The third-order valence-electron chi connectivity index (χ3n) is 12.4. The predicted molar refractivity (Wildman–Crippen MR) is 211 cm³/mol. The van der Waals surface area contributed by atoms with E-state index >= 15 is 0 Å². The number of amides is 2. The Bertz CT molecular complexity index is 1810. The fraction of sp³-hybridized carbons (Fsp3) is 0.707. The van der Waals surface area contributed by atoms with E-state index in [2.05, 4.69) is 5.32 Å². The van der Waals surface area contributed by atoms with E-state index in [-0.39, 0.29) is 55.8 Å². The van der Waals surface area contributed by atoms with Gasteiger partial charge in [-0.3, -0.25) is 34.4 Å². The van der Waals surface area contributed by atoms with Gasteiger partial charge in [0.05, 0.1) is 42.4 Å². The minimum Gasteiger partial charge on any atom is -0.458 e. The number of non-ortho nitro benzene ring substituents is 1. The lowest BCUT2D eigenvalue weighted by atomic mass is 9.73. The summed E-state index contributed by atoms with van der Waals surface area (Å²) in [5, 5.41) is 25.5. The van der Waals surface area contributed by atoms with Crippen molar-refractivity contribution in [1.82, 2.24) is 15.1 Å². The molecule has 4 heterocycles. The number of ketones is 2. The number of fused-ring (bicyclic) bond motifs is 4. The Labute approximate surface area is 344 Å². The molecule has 326 valence electrons. The molecule has 13 atom stereocenters. The molecule has 0 radical (unpaired) electrons. The van der Waals surface area contributed by atoms with Crippen molar-refractivity contribution in [2.75, 3.05) is 27.2 Å². The number of nitrogens with one attached hydrogen (secondary N) is 1. The van der Waals surface area contributed by atoms with E-state index in [0.29, 0.717) is 12.0 Å². The number of hydrogen-bond donors (Lipinski definition) is 2. The molecule has 18 nitrogen and oxygen atoms in total. The molecule has 59 heavy (non-hydrogen) atoms. The molecule has 0 aliphatic carbocycles. The summed E-state index contributed by atoms with van der Waals surface area (Å²) in [7, 11) is 3.62. The van der Waals surface area contributed by atoms with Crippen molar-refractivity contribution in [2.45, 2.75) is 135 Å². The van der Waals surface area contributed by atoms with E-state index in [4.69, 9.17) is 28.7 Å². The summed E-state index contributed by atoms with van der Waals surface area (Å²) in [4.78, 5) is 89.8. The Morgan fingerprint density at radius 1 is 1.02 bits per heavy atom. The number of esters is 1. The molecule has 0 saturated carbocycles. The van der Waals surface area contributed by atoms with Crippen molar-refractivity contribution in [3.05, 3.63) is 39.9 Å². The number of aliphatic hydroxyl groups is 1. The minimum atomic E-state index is -1.78. The quantitative estimate of drug-likeness (QED) is 0.131. The third-order valence-corrected chi connectivity index (χ3v) is 12.4. The Hall–Kier alpha value is -4.52. The van der Waals surface area contributed by atoms with Crippen LogP contribution in [-0.2, 0) is 44.6 Å². The number of nitro benzene ring substituents is 1. The number of likely N-dealkylation sites (N-methyl/N-ethyl adjacent to an activating group) is 1. The van der Waals surface area contributed by atoms with Gasteiger partial charge in [-0.25, -0.2) is 9.59 Å². The summed E-state index contributed by atoms with van der Waals surface area (Å²) < 4.78 is 31.1. The van der Waals surface area contributed by atoms with Gasteiger partial charge in [0.2, 0.25) is 0 Å². The summed E-state index contributed by atoms with van der Waals surface area (Å²) in [6.45, 7) is 12.5. The van der Waals surface area contributed by atoms with Crippen LogP contribution in [-0.4, -0.2) is 136 Å². The van der Waals surface area contributed by atoms with Crippen LogP contribution in [0.3, 0.4) is 0 Å². The third kappa shape index (κ3) is 9.45. The summed E-state index contributed by atoms with van der Waals surface area (Å²) in [5.74, 6) is -6.21. The lowest BCUT2D eigenvalue weighted by molar-refractivity contribution is -0.384. The van der Waals surface area contributed by atoms with Crippen LogP contribution < -0.4 is 5.32 Å². The van der Waals surface area contributed by atoms with Gasteiger partial charge in [-0.05, 0) is 66.6 Å². The molecular weight excluding hydrogens is 770 g/mol. The highest BCUT2D eigenvalue weighted by atomic mass is 16.7. The predicted octanol–water partition coefficient (Wildman–Crippen LogP) is 3.83. The molecular formula is C41H59N5O13. The average molecular weight is 830 g/mol. The van der Waals surface area contributed by atoms with E-state index in [9.17, 15) is 39.2 Å². The zero-order chi connectivity index (χ0) is 43.7. The Kier molecular flexibility index (Phi) is 13.9. The van der Waals surface area contributed by atoms with Crippen LogP contribution in [0.1, 0.15) is 80.2 Å². The zero-order valence-corrected chi connectivity index (χ0v) is 35.5. The molecule has 0 spiro atoms. The molecule has 2 bridgehead atoms. The molecule has 4 saturated heterocycles. The lowest BCUT2D eigenvalue weighted by Gasteiger charge is -2.47. The second kappa shape index (κ2) is 18.0. The van der Waals surface area contributed by atoms with Crippen molar-refractivity contribution in [1.29, 1.82) is 0 Å². The summed E-state index contributed by atoms with van der Waals surface area (Å²) in [6, 6.07) is 4.34. The molecule has 1 aromatic rings. The normalized spacial score (nSPS) is 38.2. The van der Waals surface area contributed by atoms with Crippen LogP contribution in [0.2, 0.25) is 0 Å². The van der Waals surface area contributed by atoms with Gasteiger partial charge in [-0.15, -0.1) is 0 Å². The van der Waals surface area contributed by atoms with Crippen molar-refractivity contribution in [2.24, 2.45) is 28.7 Å². The van der Waals surface area contributed by atoms with Crippen molar-refractivity contribution < 1.29 is 57.7 Å². The molecule has 18 heteroatoms. The smallest absolute Gasteiger partial charge is 0.411 e. The van der Waals surface area contributed by atoms with Crippen molar-refractivity contribution >= 4 is 41.1 Å². The van der Waals surface area contributed by atoms with Crippen LogP contribution in [0.5, 0.6) is 0 Å². The maximum absolute atomic E-state index is 14.8. The second-order valence-electron chi connectivity index (χ2n) is 17.2. The van der Waals surface area contributed by atoms with E-state index < -0.39 is 100 Å². The molecule has 4 fully saturated rings. The molecule has 5 rings (SSSR count). The van der Waals surface area contributed by atoms with Gasteiger partial charge in [0.15, 0.2) is 17.7 Å². The molecule has 4 aliphatic heterocycles.